The second-order valence-corrected chi connectivity index (χ2v) is 5.29. The Kier molecular flexibility index (Phi) is 4.27. The normalized spacial score (nSPS) is 14.4. The first kappa shape index (κ1) is 14.4. The molecule has 108 valence electrons. The molecule has 2 amide bonds. The van der Waals surface area contributed by atoms with E-state index in [4.69, 9.17) is 5.73 Å². The Morgan fingerprint density at radius 2 is 1.95 bits per heavy atom. The summed E-state index contributed by atoms with van der Waals surface area (Å²) in [7, 11) is 1.64. The lowest BCUT2D eigenvalue weighted by molar-refractivity contribution is -0.130. The monoisotopic (exact) mass is 275 g/mol. The number of hydrogen-bond acceptors (Lipinski definition) is 3. The number of hydrogen-bond donors (Lipinski definition) is 1. The van der Waals surface area contributed by atoms with E-state index in [9.17, 15) is 9.59 Å². The van der Waals surface area contributed by atoms with E-state index in [0.717, 1.165) is 31.5 Å². The number of likely N-dealkylation sites (tertiary alicyclic amines) is 1. The van der Waals surface area contributed by atoms with Gasteiger partial charge in [-0.2, -0.15) is 0 Å². The van der Waals surface area contributed by atoms with Gasteiger partial charge in [-0.25, -0.2) is 0 Å². The van der Waals surface area contributed by atoms with Crippen molar-refractivity contribution in [2.45, 2.75) is 19.8 Å². The molecule has 0 bridgehead atoms. The van der Waals surface area contributed by atoms with Crippen LogP contribution in [-0.4, -0.2) is 48.3 Å². The molecule has 0 radical (unpaired) electrons. The van der Waals surface area contributed by atoms with E-state index in [1.165, 1.54) is 4.90 Å². The standard InChI is InChI=1S/C15H21N3O2/c1-11-6-5-7-12(16)14(11)15(20)17(2)10-13(19)18-8-3-4-9-18/h5-7H,3-4,8-10,16H2,1-2H3. The highest BCUT2D eigenvalue weighted by atomic mass is 16.2. The number of nitrogens with zero attached hydrogens (tertiary/aromatic N) is 2. The highest BCUT2D eigenvalue weighted by Gasteiger charge is 2.23. The summed E-state index contributed by atoms with van der Waals surface area (Å²) in [4.78, 5) is 27.7. The molecule has 1 aliphatic rings. The number of benzene rings is 1. The lowest BCUT2D eigenvalue weighted by Gasteiger charge is -2.22. The first-order valence-corrected chi connectivity index (χ1v) is 6.89. The summed E-state index contributed by atoms with van der Waals surface area (Å²) in [6.45, 7) is 3.55. The Labute approximate surface area is 119 Å². The van der Waals surface area contributed by atoms with Crippen LogP contribution in [-0.2, 0) is 4.79 Å². The van der Waals surface area contributed by atoms with Crippen LogP contribution in [0.5, 0.6) is 0 Å². The van der Waals surface area contributed by atoms with Crippen LogP contribution in [0.3, 0.4) is 0 Å². The number of carbonyl (C=O) groups excluding carboxylic acids is 2. The number of rotatable bonds is 3. The second kappa shape index (κ2) is 5.94. The Bertz CT molecular complexity index is 502. The Balaban J connectivity index is 2.07. The molecule has 1 aliphatic heterocycles. The van der Waals surface area contributed by atoms with Crippen LogP contribution >= 0.6 is 0 Å². The first-order chi connectivity index (χ1) is 9.50. The fourth-order valence-corrected chi connectivity index (χ4v) is 2.51. The average Bonchev–Trinajstić information content (AvgIpc) is 2.92. The van der Waals surface area contributed by atoms with Gasteiger partial charge in [0.2, 0.25) is 5.91 Å². The summed E-state index contributed by atoms with van der Waals surface area (Å²) in [5.74, 6) is -0.196. The van der Waals surface area contributed by atoms with Gasteiger partial charge in [0.25, 0.3) is 5.91 Å². The smallest absolute Gasteiger partial charge is 0.256 e. The summed E-state index contributed by atoms with van der Waals surface area (Å²) in [6.07, 6.45) is 2.10. The van der Waals surface area contributed by atoms with Gasteiger partial charge in [0.05, 0.1) is 12.1 Å². The summed E-state index contributed by atoms with van der Waals surface area (Å²) in [5.41, 5.74) is 7.64. The molecule has 5 heteroatoms. The maximum atomic E-state index is 12.4. The van der Waals surface area contributed by atoms with E-state index < -0.39 is 0 Å². The van der Waals surface area contributed by atoms with Gasteiger partial charge in [-0.15, -0.1) is 0 Å². The van der Waals surface area contributed by atoms with Crippen LogP contribution in [0.1, 0.15) is 28.8 Å². The highest BCUT2D eigenvalue weighted by molar-refractivity contribution is 6.01. The fourth-order valence-electron chi connectivity index (χ4n) is 2.51. The van der Waals surface area contributed by atoms with E-state index in [0.29, 0.717) is 11.3 Å². The van der Waals surface area contributed by atoms with Crippen molar-refractivity contribution >= 4 is 17.5 Å². The molecule has 0 aliphatic carbocycles. The molecular formula is C15H21N3O2. The van der Waals surface area contributed by atoms with Gasteiger partial charge in [0, 0.05) is 25.8 Å². The van der Waals surface area contributed by atoms with Crippen LogP contribution < -0.4 is 5.73 Å². The third-order valence-electron chi connectivity index (χ3n) is 3.70. The van der Waals surface area contributed by atoms with E-state index in [-0.39, 0.29) is 18.4 Å². The first-order valence-electron chi connectivity index (χ1n) is 6.89. The number of carbonyl (C=O) groups is 2. The molecule has 0 atom stereocenters. The molecule has 2 rings (SSSR count). The topological polar surface area (TPSA) is 66.6 Å². The molecule has 0 saturated carbocycles. The fraction of sp³-hybridized carbons (Fsp3) is 0.467. The van der Waals surface area contributed by atoms with Crippen LogP contribution in [0.25, 0.3) is 0 Å². The third kappa shape index (κ3) is 2.92. The molecule has 1 fully saturated rings. The Morgan fingerprint density at radius 1 is 1.30 bits per heavy atom. The van der Waals surface area contributed by atoms with Crippen LogP contribution in [0.4, 0.5) is 5.69 Å². The maximum Gasteiger partial charge on any atom is 0.256 e. The highest BCUT2D eigenvalue weighted by Crippen LogP contribution is 2.18. The molecule has 20 heavy (non-hydrogen) atoms. The predicted octanol–water partition coefficient (Wildman–Crippen LogP) is 1.27. The van der Waals surface area contributed by atoms with Crippen LogP contribution in [0, 0.1) is 6.92 Å². The lowest BCUT2D eigenvalue weighted by Crippen LogP contribution is -2.40. The molecule has 1 aromatic rings. The summed E-state index contributed by atoms with van der Waals surface area (Å²) < 4.78 is 0. The number of likely N-dealkylation sites (N-methyl/N-ethyl adjacent to an activating group) is 1. The minimum Gasteiger partial charge on any atom is -0.398 e. The number of nitrogen functional groups attached to an aromatic ring is 1. The number of nitrogens with two attached hydrogens (primary N) is 1. The van der Waals surface area contributed by atoms with Crippen molar-refractivity contribution in [3.63, 3.8) is 0 Å². The van der Waals surface area contributed by atoms with Crippen molar-refractivity contribution in [2.24, 2.45) is 0 Å². The minimum atomic E-state index is -0.201. The molecular weight excluding hydrogens is 254 g/mol. The van der Waals surface area contributed by atoms with Crippen molar-refractivity contribution < 1.29 is 9.59 Å². The van der Waals surface area contributed by atoms with Gasteiger partial charge in [0.15, 0.2) is 0 Å². The van der Waals surface area contributed by atoms with Gasteiger partial charge >= 0.3 is 0 Å². The van der Waals surface area contributed by atoms with Crippen LogP contribution in [0.2, 0.25) is 0 Å². The molecule has 0 unspecified atom stereocenters. The van der Waals surface area contributed by atoms with E-state index >= 15 is 0 Å². The van der Waals surface area contributed by atoms with Crippen LogP contribution in [0.15, 0.2) is 18.2 Å². The second-order valence-electron chi connectivity index (χ2n) is 5.29. The van der Waals surface area contributed by atoms with Crippen molar-refractivity contribution in [3.8, 4) is 0 Å². The molecule has 5 nitrogen and oxygen atoms in total. The Hall–Kier alpha value is -2.04. The predicted molar refractivity (Wildman–Crippen MR) is 78.4 cm³/mol. The maximum absolute atomic E-state index is 12.4. The quantitative estimate of drug-likeness (QED) is 0.845. The van der Waals surface area contributed by atoms with Crippen molar-refractivity contribution in [2.75, 3.05) is 32.4 Å². The van der Waals surface area contributed by atoms with Crippen molar-refractivity contribution in [1.29, 1.82) is 0 Å². The zero-order chi connectivity index (χ0) is 14.7. The van der Waals surface area contributed by atoms with Crippen molar-refractivity contribution in [3.05, 3.63) is 29.3 Å². The number of amides is 2. The zero-order valence-electron chi connectivity index (χ0n) is 12.1. The molecule has 0 aromatic heterocycles. The molecule has 0 spiro atoms. The minimum absolute atomic E-state index is 0.00510. The third-order valence-corrected chi connectivity index (χ3v) is 3.70. The zero-order valence-corrected chi connectivity index (χ0v) is 12.1. The summed E-state index contributed by atoms with van der Waals surface area (Å²) in [6, 6.07) is 5.37. The number of anilines is 1. The largest absolute Gasteiger partial charge is 0.398 e. The molecule has 2 N–H and O–H groups in total. The molecule has 1 saturated heterocycles. The molecule has 1 heterocycles. The van der Waals surface area contributed by atoms with Gasteiger partial charge in [-0.3, -0.25) is 9.59 Å². The van der Waals surface area contributed by atoms with E-state index in [1.807, 2.05) is 24.0 Å². The molecule has 1 aromatic carbocycles. The Morgan fingerprint density at radius 3 is 2.55 bits per heavy atom. The van der Waals surface area contributed by atoms with Gasteiger partial charge < -0.3 is 15.5 Å². The summed E-state index contributed by atoms with van der Waals surface area (Å²) in [5, 5.41) is 0. The van der Waals surface area contributed by atoms with Gasteiger partial charge in [-0.05, 0) is 31.4 Å². The van der Waals surface area contributed by atoms with E-state index in [2.05, 4.69) is 0 Å². The average molecular weight is 275 g/mol. The number of aryl methyl sites for hydroxylation is 1. The summed E-state index contributed by atoms with van der Waals surface area (Å²) >= 11 is 0. The van der Waals surface area contributed by atoms with E-state index in [1.54, 1.807) is 13.1 Å². The van der Waals surface area contributed by atoms with Gasteiger partial charge in [0.1, 0.15) is 0 Å². The lowest BCUT2D eigenvalue weighted by atomic mass is 10.1. The van der Waals surface area contributed by atoms with Crippen molar-refractivity contribution in [1.82, 2.24) is 9.80 Å². The van der Waals surface area contributed by atoms with Gasteiger partial charge in [-0.1, -0.05) is 12.1 Å². The SMILES string of the molecule is Cc1cccc(N)c1C(=O)N(C)CC(=O)N1CCCC1.